The molecule has 1 aromatic rings. The third-order valence-corrected chi connectivity index (χ3v) is 2.97. The van der Waals surface area contributed by atoms with Crippen molar-refractivity contribution in [1.29, 1.82) is 0 Å². The first-order valence-electron chi connectivity index (χ1n) is 4.41. The number of hydrogen-bond donors (Lipinski definition) is 0. The molecule has 0 bridgehead atoms. The first-order chi connectivity index (χ1) is 6.70. The topological polar surface area (TPSA) is 26.3 Å². The second-order valence-electron chi connectivity index (χ2n) is 2.99. The van der Waals surface area contributed by atoms with E-state index in [9.17, 15) is 4.79 Å². The molecular formula is C11H14O2S. The first kappa shape index (κ1) is 11.1. The third kappa shape index (κ3) is 2.29. The van der Waals surface area contributed by atoms with Crippen molar-refractivity contribution in [1.82, 2.24) is 0 Å². The lowest BCUT2D eigenvalue weighted by Crippen LogP contribution is -2.11. The van der Waals surface area contributed by atoms with Crippen LogP contribution in [-0.2, 0) is 9.53 Å². The maximum absolute atomic E-state index is 11.3. The van der Waals surface area contributed by atoms with Crippen molar-refractivity contribution in [2.24, 2.45) is 0 Å². The van der Waals surface area contributed by atoms with Gasteiger partial charge in [0.1, 0.15) is 0 Å². The Morgan fingerprint density at radius 1 is 1.43 bits per heavy atom. The predicted octanol–water partition coefficient (Wildman–Crippen LogP) is 2.69. The molecule has 0 fully saturated rings. The van der Waals surface area contributed by atoms with Crippen molar-refractivity contribution in [3.63, 3.8) is 0 Å². The summed E-state index contributed by atoms with van der Waals surface area (Å²) < 4.78 is 4.72. The summed E-state index contributed by atoms with van der Waals surface area (Å²) in [6.45, 7) is 1.86. The maximum atomic E-state index is 11.3. The summed E-state index contributed by atoms with van der Waals surface area (Å²) >= 11 is 1.64. The molecule has 0 aliphatic carbocycles. The monoisotopic (exact) mass is 210 g/mol. The van der Waals surface area contributed by atoms with Crippen LogP contribution in [0.4, 0.5) is 0 Å². The van der Waals surface area contributed by atoms with E-state index in [-0.39, 0.29) is 11.9 Å². The average Bonchev–Trinajstić information content (AvgIpc) is 2.26. The molecule has 1 unspecified atom stereocenters. The number of rotatable bonds is 3. The van der Waals surface area contributed by atoms with Gasteiger partial charge in [-0.3, -0.25) is 4.79 Å². The van der Waals surface area contributed by atoms with Crippen molar-refractivity contribution in [3.05, 3.63) is 29.8 Å². The molecule has 0 saturated heterocycles. The number of ether oxygens (including phenoxy) is 1. The first-order valence-corrected chi connectivity index (χ1v) is 5.64. The smallest absolute Gasteiger partial charge is 0.312 e. The van der Waals surface area contributed by atoms with E-state index < -0.39 is 0 Å². The number of hydrogen-bond acceptors (Lipinski definition) is 3. The summed E-state index contributed by atoms with van der Waals surface area (Å²) in [7, 11) is 1.42. The SMILES string of the molecule is COC(=O)C(C)c1ccccc1SC. The van der Waals surface area contributed by atoms with Gasteiger partial charge in [0.25, 0.3) is 0 Å². The van der Waals surface area contributed by atoms with E-state index in [0.717, 1.165) is 10.5 Å². The van der Waals surface area contributed by atoms with E-state index >= 15 is 0 Å². The summed E-state index contributed by atoms with van der Waals surface area (Å²) in [4.78, 5) is 12.5. The van der Waals surface area contributed by atoms with Crippen molar-refractivity contribution in [2.75, 3.05) is 13.4 Å². The maximum Gasteiger partial charge on any atom is 0.312 e. The summed E-state index contributed by atoms with van der Waals surface area (Å²) in [6.07, 6.45) is 2.00. The van der Waals surface area contributed by atoms with Crippen LogP contribution in [0.1, 0.15) is 18.4 Å². The average molecular weight is 210 g/mol. The molecule has 0 N–H and O–H groups in total. The number of carbonyl (C=O) groups is 1. The molecule has 1 atom stereocenters. The highest BCUT2D eigenvalue weighted by Gasteiger charge is 2.17. The molecule has 0 amide bonds. The summed E-state index contributed by atoms with van der Waals surface area (Å²) in [5.74, 6) is -0.379. The molecule has 76 valence electrons. The van der Waals surface area contributed by atoms with Crippen LogP contribution in [0.3, 0.4) is 0 Å². The number of esters is 1. The number of methoxy groups -OCH3 is 1. The van der Waals surface area contributed by atoms with Crippen LogP contribution in [0.5, 0.6) is 0 Å². The van der Waals surface area contributed by atoms with Gasteiger partial charge in [0, 0.05) is 4.90 Å². The van der Waals surface area contributed by atoms with Crippen LogP contribution in [0.2, 0.25) is 0 Å². The van der Waals surface area contributed by atoms with Crippen molar-refractivity contribution in [2.45, 2.75) is 17.7 Å². The molecule has 0 spiro atoms. The van der Waals surface area contributed by atoms with Gasteiger partial charge in [0.15, 0.2) is 0 Å². The lowest BCUT2D eigenvalue weighted by molar-refractivity contribution is -0.142. The molecule has 0 radical (unpaired) electrons. The van der Waals surface area contributed by atoms with Crippen LogP contribution >= 0.6 is 11.8 Å². The number of carbonyl (C=O) groups excluding carboxylic acids is 1. The van der Waals surface area contributed by atoms with Gasteiger partial charge in [-0.25, -0.2) is 0 Å². The number of thioether (sulfide) groups is 1. The van der Waals surface area contributed by atoms with Crippen LogP contribution < -0.4 is 0 Å². The molecule has 1 rings (SSSR count). The third-order valence-electron chi connectivity index (χ3n) is 2.16. The highest BCUT2D eigenvalue weighted by molar-refractivity contribution is 7.98. The fraction of sp³-hybridized carbons (Fsp3) is 0.364. The Bertz CT molecular complexity index is 323. The molecule has 14 heavy (non-hydrogen) atoms. The summed E-state index contributed by atoms with van der Waals surface area (Å²) in [5, 5.41) is 0. The predicted molar refractivity (Wildman–Crippen MR) is 58.7 cm³/mol. The molecule has 0 aliphatic heterocycles. The zero-order chi connectivity index (χ0) is 10.6. The van der Waals surface area contributed by atoms with Gasteiger partial charge in [0.05, 0.1) is 13.0 Å². The fourth-order valence-electron chi connectivity index (χ4n) is 1.33. The second-order valence-corrected chi connectivity index (χ2v) is 3.83. The Kier molecular flexibility index (Phi) is 4.01. The van der Waals surface area contributed by atoms with E-state index in [1.165, 1.54) is 7.11 Å². The van der Waals surface area contributed by atoms with E-state index in [2.05, 4.69) is 0 Å². The van der Waals surface area contributed by atoms with Crippen LogP contribution in [0.15, 0.2) is 29.2 Å². The van der Waals surface area contributed by atoms with E-state index in [4.69, 9.17) is 4.74 Å². The Morgan fingerprint density at radius 3 is 2.64 bits per heavy atom. The lowest BCUT2D eigenvalue weighted by Gasteiger charge is -2.12. The minimum Gasteiger partial charge on any atom is -0.469 e. The van der Waals surface area contributed by atoms with E-state index in [1.807, 2.05) is 37.4 Å². The van der Waals surface area contributed by atoms with Gasteiger partial charge >= 0.3 is 5.97 Å². The standard InChI is InChI=1S/C11H14O2S/c1-8(11(12)13-2)9-6-4-5-7-10(9)14-3/h4-8H,1-3H3. The molecule has 1 aromatic carbocycles. The molecule has 2 nitrogen and oxygen atoms in total. The highest BCUT2D eigenvalue weighted by Crippen LogP contribution is 2.27. The molecule has 0 saturated carbocycles. The van der Waals surface area contributed by atoms with Crippen LogP contribution in [0, 0.1) is 0 Å². The normalized spacial score (nSPS) is 12.2. The molecular weight excluding hydrogens is 196 g/mol. The Morgan fingerprint density at radius 2 is 2.07 bits per heavy atom. The highest BCUT2D eigenvalue weighted by atomic mass is 32.2. The molecule has 0 heterocycles. The van der Waals surface area contributed by atoms with E-state index in [1.54, 1.807) is 11.8 Å². The Labute approximate surface area is 88.7 Å². The van der Waals surface area contributed by atoms with Gasteiger partial charge in [-0.05, 0) is 24.8 Å². The minimum atomic E-state index is -0.191. The van der Waals surface area contributed by atoms with Crippen molar-refractivity contribution in [3.8, 4) is 0 Å². The fourth-order valence-corrected chi connectivity index (χ4v) is 2.02. The zero-order valence-electron chi connectivity index (χ0n) is 8.61. The largest absolute Gasteiger partial charge is 0.469 e. The van der Waals surface area contributed by atoms with Gasteiger partial charge in [-0.2, -0.15) is 0 Å². The lowest BCUT2D eigenvalue weighted by atomic mass is 10.0. The molecule has 0 aromatic heterocycles. The second kappa shape index (κ2) is 5.05. The van der Waals surface area contributed by atoms with Gasteiger partial charge < -0.3 is 4.74 Å². The molecule has 3 heteroatoms. The Balaban J connectivity index is 2.99. The van der Waals surface area contributed by atoms with Crippen LogP contribution in [0.25, 0.3) is 0 Å². The van der Waals surface area contributed by atoms with Crippen LogP contribution in [-0.4, -0.2) is 19.3 Å². The van der Waals surface area contributed by atoms with Crippen molar-refractivity contribution >= 4 is 17.7 Å². The minimum absolute atomic E-state index is 0.188. The van der Waals surface area contributed by atoms with Gasteiger partial charge in [-0.15, -0.1) is 11.8 Å². The quantitative estimate of drug-likeness (QED) is 0.567. The van der Waals surface area contributed by atoms with Crippen molar-refractivity contribution < 1.29 is 9.53 Å². The Hall–Kier alpha value is -0.960. The zero-order valence-corrected chi connectivity index (χ0v) is 9.43. The molecule has 0 aliphatic rings. The van der Waals surface area contributed by atoms with Gasteiger partial charge in [0.2, 0.25) is 0 Å². The number of benzene rings is 1. The van der Waals surface area contributed by atoms with Gasteiger partial charge in [-0.1, -0.05) is 18.2 Å². The summed E-state index contributed by atoms with van der Waals surface area (Å²) in [6, 6.07) is 7.89. The summed E-state index contributed by atoms with van der Waals surface area (Å²) in [5.41, 5.74) is 1.03. The van der Waals surface area contributed by atoms with E-state index in [0.29, 0.717) is 0 Å².